The van der Waals surface area contributed by atoms with Gasteiger partial charge in [-0.3, -0.25) is 0 Å². The molecule has 1 N–H and O–H groups in total. The second kappa shape index (κ2) is 5.65. The van der Waals surface area contributed by atoms with Crippen LogP contribution >= 0.6 is 0 Å². The Morgan fingerprint density at radius 3 is 2.58 bits per heavy atom. The molecule has 0 aliphatic carbocycles. The van der Waals surface area contributed by atoms with E-state index in [0.29, 0.717) is 12.4 Å². The van der Waals surface area contributed by atoms with Gasteiger partial charge in [-0.25, -0.2) is 4.98 Å². The molecule has 0 unspecified atom stereocenters. The van der Waals surface area contributed by atoms with Crippen LogP contribution in [0.4, 0.5) is 5.69 Å². The van der Waals surface area contributed by atoms with Crippen molar-refractivity contribution < 1.29 is 13.9 Å². The Morgan fingerprint density at radius 2 is 2.00 bits per heavy atom. The van der Waals surface area contributed by atoms with Crippen molar-refractivity contribution in [2.75, 3.05) is 19.5 Å². The van der Waals surface area contributed by atoms with E-state index in [2.05, 4.69) is 10.3 Å². The van der Waals surface area contributed by atoms with Gasteiger partial charge in [0.2, 0.25) is 5.89 Å². The van der Waals surface area contributed by atoms with Crippen LogP contribution in [0.2, 0.25) is 0 Å². The molecular formula is C14H18N2O3. The highest BCUT2D eigenvalue weighted by molar-refractivity contribution is 5.59. The summed E-state index contributed by atoms with van der Waals surface area (Å²) in [5.41, 5.74) is 1.75. The number of benzene rings is 1. The van der Waals surface area contributed by atoms with E-state index in [9.17, 15) is 0 Å². The van der Waals surface area contributed by atoms with E-state index in [1.54, 1.807) is 14.2 Å². The number of hydrogen-bond acceptors (Lipinski definition) is 5. The maximum absolute atomic E-state index is 5.52. The van der Waals surface area contributed by atoms with E-state index in [1.165, 1.54) is 0 Å². The lowest BCUT2D eigenvalue weighted by molar-refractivity contribution is 0.404. The molecule has 102 valence electrons. The zero-order valence-electron chi connectivity index (χ0n) is 11.6. The monoisotopic (exact) mass is 262 g/mol. The van der Waals surface area contributed by atoms with Crippen molar-refractivity contribution in [3.05, 3.63) is 35.5 Å². The molecule has 1 aromatic carbocycles. The van der Waals surface area contributed by atoms with Gasteiger partial charge in [-0.2, -0.15) is 0 Å². The van der Waals surface area contributed by atoms with Crippen molar-refractivity contribution >= 4 is 5.69 Å². The SMILES string of the molecule is COc1ccc(OC)c(NCc2nc(C)c(C)o2)c1. The number of rotatable bonds is 5. The second-order valence-electron chi connectivity index (χ2n) is 4.17. The predicted molar refractivity (Wildman–Crippen MR) is 72.8 cm³/mol. The number of ether oxygens (including phenoxy) is 2. The van der Waals surface area contributed by atoms with Gasteiger partial charge in [0, 0.05) is 6.07 Å². The smallest absolute Gasteiger partial charge is 0.213 e. The summed E-state index contributed by atoms with van der Waals surface area (Å²) in [6.07, 6.45) is 0. The Labute approximate surface area is 112 Å². The molecule has 0 atom stereocenters. The first kappa shape index (κ1) is 13.3. The van der Waals surface area contributed by atoms with Crippen molar-refractivity contribution in [3.8, 4) is 11.5 Å². The highest BCUT2D eigenvalue weighted by Gasteiger charge is 2.08. The van der Waals surface area contributed by atoms with Crippen LogP contribution in [0.1, 0.15) is 17.3 Å². The van der Waals surface area contributed by atoms with E-state index in [1.807, 2.05) is 32.0 Å². The van der Waals surface area contributed by atoms with Gasteiger partial charge in [0.1, 0.15) is 17.3 Å². The molecule has 0 amide bonds. The van der Waals surface area contributed by atoms with Crippen LogP contribution in [0, 0.1) is 13.8 Å². The molecule has 1 aromatic heterocycles. The molecule has 0 aliphatic rings. The summed E-state index contributed by atoms with van der Waals surface area (Å²) in [5, 5.41) is 3.23. The molecule has 0 saturated carbocycles. The standard InChI is InChI=1S/C14H18N2O3/c1-9-10(2)19-14(16-9)8-15-12-7-11(17-3)5-6-13(12)18-4/h5-7,15H,8H2,1-4H3. The number of oxazole rings is 1. The minimum Gasteiger partial charge on any atom is -0.497 e. The van der Waals surface area contributed by atoms with Crippen LogP contribution in [-0.4, -0.2) is 19.2 Å². The van der Waals surface area contributed by atoms with E-state index >= 15 is 0 Å². The minimum absolute atomic E-state index is 0.498. The third-order valence-electron chi connectivity index (χ3n) is 2.91. The van der Waals surface area contributed by atoms with Gasteiger partial charge < -0.3 is 19.2 Å². The van der Waals surface area contributed by atoms with Crippen LogP contribution in [0.3, 0.4) is 0 Å². The van der Waals surface area contributed by atoms with Gasteiger partial charge >= 0.3 is 0 Å². The quantitative estimate of drug-likeness (QED) is 0.897. The summed E-state index contributed by atoms with van der Waals surface area (Å²) >= 11 is 0. The summed E-state index contributed by atoms with van der Waals surface area (Å²) < 4.78 is 16.0. The first-order valence-electron chi connectivity index (χ1n) is 6.03. The molecule has 0 spiro atoms. The summed E-state index contributed by atoms with van der Waals surface area (Å²) in [5.74, 6) is 3.01. The zero-order valence-corrected chi connectivity index (χ0v) is 11.6. The van der Waals surface area contributed by atoms with Crippen LogP contribution < -0.4 is 14.8 Å². The fourth-order valence-electron chi connectivity index (χ4n) is 1.74. The molecular weight excluding hydrogens is 244 g/mol. The van der Waals surface area contributed by atoms with Gasteiger partial charge in [-0.05, 0) is 26.0 Å². The Bertz CT molecular complexity index is 544. The minimum atomic E-state index is 0.498. The summed E-state index contributed by atoms with van der Waals surface area (Å²) in [6.45, 7) is 4.32. The van der Waals surface area contributed by atoms with Crippen molar-refractivity contribution in [1.29, 1.82) is 0 Å². The molecule has 5 heteroatoms. The molecule has 0 saturated heterocycles. The van der Waals surface area contributed by atoms with Crippen molar-refractivity contribution in [3.63, 3.8) is 0 Å². The van der Waals surface area contributed by atoms with E-state index in [-0.39, 0.29) is 0 Å². The van der Waals surface area contributed by atoms with E-state index < -0.39 is 0 Å². The molecule has 0 aliphatic heterocycles. The lowest BCUT2D eigenvalue weighted by atomic mass is 10.2. The topological polar surface area (TPSA) is 56.5 Å². The number of methoxy groups -OCH3 is 2. The van der Waals surface area contributed by atoms with Crippen LogP contribution in [0.5, 0.6) is 11.5 Å². The third-order valence-corrected chi connectivity index (χ3v) is 2.91. The molecule has 0 fully saturated rings. The van der Waals surface area contributed by atoms with Crippen molar-refractivity contribution in [2.45, 2.75) is 20.4 Å². The largest absolute Gasteiger partial charge is 0.497 e. The van der Waals surface area contributed by atoms with Gasteiger partial charge in [0.05, 0.1) is 32.1 Å². The number of anilines is 1. The van der Waals surface area contributed by atoms with Crippen LogP contribution in [0.15, 0.2) is 22.6 Å². The Morgan fingerprint density at radius 1 is 1.21 bits per heavy atom. The fraction of sp³-hybridized carbons (Fsp3) is 0.357. The Balaban J connectivity index is 2.13. The fourth-order valence-corrected chi connectivity index (χ4v) is 1.74. The summed E-state index contributed by atoms with van der Waals surface area (Å²) in [6, 6.07) is 5.58. The number of nitrogens with zero attached hydrogens (tertiary/aromatic N) is 1. The first-order chi connectivity index (χ1) is 9.13. The maximum atomic E-state index is 5.52. The number of hydrogen-bond donors (Lipinski definition) is 1. The van der Waals surface area contributed by atoms with Gasteiger partial charge in [-0.15, -0.1) is 0 Å². The zero-order chi connectivity index (χ0) is 13.8. The number of aryl methyl sites for hydroxylation is 2. The Kier molecular flexibility index (Phi) is 3.94. The molecule has 2 aromatic rings. The van der Waals surface area contributed by atoms with Crippen LogP contribution in [-0.2, 0) is 6.54 Å². The second-order valence-corrected chi connectivity index (χ2v) is 4.17. The molecule has 0 bridgehead atoms. The van der Waals surface area contributed by atoms with E-state index in [4.69, 9.17) is 13.9 Å². The molecule has 2 rings (SSSR count). The normalized spacial score (nSPS) is 10.3. The lowest BCUT2D eigenvalue weighted by Gasteiger charge is -2.11. The molecule has 5 nitrogen and oxygen atoms in total. The number of nitrogens with one attached hydrogen (secondary N) is 1. The van der Waals surface area contributed by atoms with Gasteiger partial charge in [0.15, 0.2) is 0 Å². The summed E-state index contributed by atoms with van der Waals surface area (Å²) in [4.78, 5) is 4.32. The molecule has 1 heterocycles. The average Bonchev–Trinajstić information content (AvgIpc) is 2.75. The lowest BCUT2D eigenvalue weighted by Crippen LogP contribution is -2.02. The average molecular weight is 262 g/mol. The van der Waals surface area contributed by atoms with E-state index in [0.717, 1.165) is 28.6 Å². The van der Waals surface area contributed by atoms with Crippen molar-refractivity contribution in [2.24, 2.45) is 0 Å². The third kappa shape index (κ3) is 2.99. The Hall–Kier alpha value is -2.17. The first-order valence-corrected chi connectivity index (χ1v) is 6.03. The van der Waals surface area contributed by atoms with Gasteiger partial charge in [-0.1, -0.05) is 0 Å². The summed E-state index contributed by atoms with van der Waals surface area (Å²) in [7, 11) is 3.26. The molecule has 19 heavy (non-hydrogen) atoms. The van der Waals surface area contributed by atoms with Gasteiger partial charge in [0.25, 0.3) is 0 Å². The predicted octanol–water partition coefficient (Wildman–Crippen LogP) is 2.92. The maximum Gasteiger partial charge on any atom is 0.213 e. The van der Waals surface area contributed by atoms with Crippen LogP contribution in [0.25, 0.3) is 0 Å². The highest BCUT2D eigenvalue weighted by Crippen LogP contribution is 2.29. The number of aromatic nitrogens is 1. The molecule has 0 radical (unpaired) electrons. The van der Waals surface area contributed by atoms with Crippen molar-refractivity contribution in [1.82, 2.24) is 4.98 Å². The highest BCUT2D eigenvalue weighted by atomic mass is 16.5.